The molecule has 4 nitrogen and oxygen atoms in total. The fourth-order valence-electron chi connectivity index (χ4n) is 2.86. The highest BCUT2D eigenvalue weighted by Crippen LogP contribution is 2.33. The van der Waals surface area contributed by atoms with Crippen LogP contribution in [0.3, 0.4) is 0 Å². The zero-order valence-electron chi connectivity index (χ0n) is 11.5. The zero-order valence-corrected chi connectivity index (χ0v) is 12.3. The number of rotatable bonds is 3. The molecule has 1 unspecified atom stereocenters. The smallest absolute Gasteiger partial charge is 0.0798 e. The first-order chi connectivity index (χ1) is 9.25. The summed E-state index contributed by atoms with van der Waals surface area (Å²) in [5.41, 5.74) is 5.70. The van der Waals surface area contributed by atoms with Crippen LogP contribution in [0.2, 0.25) is 0 Å². The summed E-state index contributed by atoms with van der Waals surface area (Å²) in [5.74, 6) is 0. The van der Waals surface area contributed by atoms with E-state index in [2.05, 4.69) is 33.9 Å². The molecule has 1 saturated heterocycles. The van der Waals surface area contributed by atoms with E-state index in [4.69, 9.17) is 0 Å². The lowest BCUT2D eigenvalue weighted by Gasteiger charge is -2.35. The van der Waals surface area contributed by atoms with Crippen molar-refractivity contribution in [1.29, 1.82) is 0 Å². The van der Waals surface area contributed by atoms with Crippen molar-refractivity contribution in [2.75, 3.05) is 6.54 Å². The third-order valence-corrected chi connectivity index (χ3v) is 4.93. The number of hydrogen-bond acceptors (Lipinski definition) is 4. The first-order valence-corrected chi connectivity index (χ1v) is 7.76. The summed E-state index contributed by atoms with van der Waals surface area (Å²) < 4.78 is 0. The van der Waals surface area contributed by atoms with Gasteiger partial charge in [0.15, 0.2) is 0 Å². The van der Waals surface area contributed by atoms with Crippen molar-refractivity contribution in [3.8, 4) is 0 Å². The van der Waals surface area contributed by atoms with Crippen LogP contribution in [0.4, 0.5) is 0 Å². The van der Waals surface area contributed by atoms with E-state index in [1.807, 2.05) is 11.7 Å². The standard InChI is InChI=1S/C14H20N4S/c1-10-7-16-17-14(10)12-5-3-4-6-18(12)8-13-11(2)15-9-19-13/h7,9,12H,3-6,8H2,1-2H3,(H,16,17). The molecule has 3 heterocycles. The SMILES string of the molecule is Cc1cn[nH]c1C1CCCCN1Cc1scnc1C. The van der Waals surface area contributed by atoms with Gasteiger partial charge < -0.3 is 0 Å². The Balaban J connectivity index is 1.82. The fraction of sp³-hybridized carbons (Fsp3) is 0.571. The Morgan fingerprint density at radius 3 is 3.00 bits per heavy atom. The van der Waals surface area contributed by atoms with E-state index in [1.165, 1.54) is 47.6 Å². The molecule has 1 aliphatic rings. The van der Waals surface area contributed by atoms with Crippen LogP contribution in [0.5, 0.6) is 0 Å². The van der Waals surface area contributed by atoms with Gasteiger partial charge in [-0.3, -0.25) is 10.00 Å². The number of aromatic nitrogens is 3. The number of aromatic amines is 1. The Kier molecular flexibility index (Phi) is 3.66. The second-order valence-electron chi connectivity index (χ2n) is 5.31. The van der Waals surface area contributed by atoms with Gasteiger partial charge >= 0.3 is 0 Å². The van der Waals surface area contributed by atoms with E-state index in [1.54, 1.807) is 11.3 Å². The summed E-state index contributed by atoms with van der Waals surface area (Å²) >= 11 is 1.77. The van der Waals surface area contributed by atoms with Gasteiger partial charge in [0.1, 0.15) is 0 Å². The molecule has 0 aromatic carbocycles. The summed E-state index contributed by atoms with van der Waals surface area (Å²) in [7, 11) is 0. The number of aryl methyl sites for hydroxylation is 2. The fourth-order valence-corrected chi connectivity index (χ4v) is 3.66. The molecule has 1 aliphatic heterocycles. The number of nitrogens with one attached hydrogen (secondary N) is 1. The van der Waals surface area contributed by atoms with Crippen molar-refractivity contribution in [3.63, 3.8) is 0 Å². The van der Waals surface area contributed by atoms with Crippen molar-refractivity contribution in [2.24, 2.45) is 0 Å². The van der Waals surface area contributed by atoms with Crippen LogP contribution >= 0.6 is 11.3 Å². The molecule has 3 rings (SSSR count). The van der Waals surface area contributed by atoms with Gasteiger partial charge in [0.05, 0.1) is 29.1 Å². The highest BCUT2D eigenvalue weighted by molar-refractivity contribution is 7.09. The molecule has 2 aromatic heterocycles. The molecule has 0 spiro atoms. The normalized spacial score (nSPS) is 20.8. The maximum Gasteiger partial charge on any atom is 0.0798 e. The number of H-pyrrole nitrogens is 1. The molecule has 2 aromatic rings. The third kappa shape index (κ3) is 2.58. The number of nitrogens with zero attached hydrogens (tertiary/aromatic N) is 3. The minimum Gasteiger partial charge on any atom is -0.290 e. The van der Waals surface area contributed by atoms with E-state index in [-0.39, 0.29) is 0 Å². The molecule has 1 atom stereocenters. The van der Waals surface area contributed by atoms with E-state index < -0.39 is 0 Å². The lowest BCUT2D eigenvalue weighted by molar-refractivity contribution is 0.138. The van der Waals surface area contributed by atoms with E-state index in [9.17, 15) is 0 Å². The largest absolute Gasteiger partial charge is 0.290 e. The van der Waals surface area contributed by atoms with Crippen LogP contribution in [0.15, 0.2) is 11.7 Å². The van der Waals surface area contributed by atoms with Crippen molar-refractivity contribution in [1.82, 2.24) is 20.1 Å². The topological polar surface area (TPSA) is 44.8 Å². The van der Waals surface area contributed by atoms with Gasteiger partial charge in [0.2, 0.25) is 0 Å². The first kappa shape index (κ1) is 12.8. The van der Waals surface area contributed by atoms with Gasteiger partial charge in [-0.1, -0.05) is 6.42 Å². The molecule has 0 bridgehead atoms. The maximum absolute atomic E-state index is 4.36. The van der Waals surface area contributed by atoms with Gasteiger partial charge in [-0.25, -0.2) is 4.98 Å². The van der Waals surface area contributed by atoms with Crippen LogP contribution in [0.1, 0.15) is 47.1 Å². The van der Waals surface area contributed by atoms with Crippen molar-refractivity contribution in [3.05, 3.63) is 33.5 Å². The van der Waals surface area contributed by atoms with Crippen LogP contribution in [0.25, 0.3) is 0 Å². The van der Waals surface area contributed by atoms with Gasteiger partial charge in [0, 0.05) is 11.4 Å². The van der Waals surface area contributed by atoms with Crippen molar-refractivity contribution in [2.45, 2.75) is 45.7 Å². The van der Waals surface area contributed by atoms with Gasteiger partial charge in [0.25, 0.3) is 0 Å². The van der Waals surface area contributed by atoms with Gasteiger partial charge in [-0.15, -0.1) is 11.3 Å². The molecule has 102 valence electrons. The predicted molar refractivity (Wildman–Crippen MR) is 77.2 cm³/mol. The highest BCUT2D eigenvalue weighted by Gasteiger charge is 2.27. The minimum absolute atomic E-state index is 0.484. The Morgan fingerprint density at radius 2 is 2.32 bits per heavy atom. The van der Waals surface area contributed by atoms with Crippen LogP contribution < -0.4 is 0 Å². The maximum atomic E-state index is 4.36. The monoisotopic (exact) mass is 276 g/mol. The Bertz CT molecular complexity index is 545. The van der Waals surface area contributed by atoms with Crippen molar-refractivity contribution < 1.29 is 0 Å². The van der Waals surface area contributed by atoms with Crippen LogP contribution in [0, 0.1) is 13.8 Å². The van der Waals surface area contributed by atoms with E-state index >= 15 is 0 Å². The molecular weight excluding hydrogens is 256 g/mol. The molecular formula is C14H20N4S. The number of hydrogen-bond donors (Lipinski definition) is 1. The number of likely N-dealkylation sites (tertiary alicyclic amines) is 1. The molecule has 0 aliphatic carbocycles. The van der Waals surface area contributed by atoms with Crippen LogP contribution in [-0.4, -0.2) is 26.6 Å². The van der Waals surface area contributed by atoms with Crippen molar-refractivity contribution >= 4 is 11.3 Å². The second-order valence-corrected chi connectivity index (χ2v) is 6.25. The molecule has 1 fully saturated rings. The number of thiazole rings is 1. The summed E-state index contributed by atoms with van der Waals surface area (Å²) in [5, 5.41) is 7.38. The second kappa shape index (κ2) is 5.43. The molecule has 5 heteroatoms. The molecule has 1 N–H and O–H groups in total. The lowest BCUT2D eigenvalue weighted by atomic mass is 9.97. The van der Waals surface area contributed by atoms with Gasteiger partial charge in [-0.05, 0) is 38.8 Å². The Morgan fingerprint density at radius 1 is 1.42 bits per heavy atom. The quantitative estimate of drug-likeness (QED) is 0.936. The molecule has 0 amide bonds. The molecule has 0 saturated carbocycles. The third-order valence-electron chi connectivity index (χ3n) is 4.01. The Labute approximate surface area is 117 Å². The lowest BCUT2D eigenvalue weighted by Crippen LogP contribution is -2.33. The summed E-state index contributed by atoms with van der Waals surface area (Å²) in [4.78, 5) is 8.33. The summed E-state index contributed by atoms with van der Waals surface area (Å²) in [6.45, 7) is 6.43. The summed E-state index contributed by atoms with van der Waals surface area (Å²) in [6, 6.07) is 0.484. The average molecular weight is 276 g/mol. The first-order valence-electron chi connectivity index (χ1n) is 6.88. The van der Waals surface area contributed by atoms with E-state index in [0.29, 0.717) is 6.04 Å². The Hall–Kier alpha value is -1.20. The van der Waals surface area contributed by atoms with Crippen LogP contribution in [-0.2, 0) is 6.54 Å². The molecule has 19 heavy (non-hydrogen) atoms. The predicted octanol–water partition coefficient (Wildman–Crippen LogP) is 3.21. The average Bonchev–Trinajstić information content (AvgIpc) is 3.00. The highest BCUT2D eigenvalue weighted by atomic mass is 32.1. The zero-order chi connectivity index (χ0) is 13.2. The summed E-state index contributed by atoms with van der Waals surface area (Å²) in [6.07, 6.45) is 5.75. The molecule has 0 radical (unpaired) electrons. The minimum atomic E-state index is 0.484. The van der Waals surface area contributed by atoms with E-state index in [0.717, 1.165) is 6.54 Å². The van der Waals surface area contributed by atoms with Gasteiger partial charge in [-0.2, -0.15) is 5.10 Å². The number of piperidine rings is 1.